The van der Waals surface area contributed by atoms with Gasteiger partial charge in [-0.05, 0) is 55.2 Å². The highest BCUT2D eigenvalue weighted by Crippen LogP contribution is 2.33. The summed E-state index contributed by atoms with van der Waals surface area (Å²) >= 11 is 0. The summed E-state index contributed by atoms with van der Waals surface area (Å²) in [4.78, 5) is 25.8. The monoisotopic (exact) mass is 377 g/mol. The molecule has 3 atom stereocenters. The molecule has 5 nitrogen and oxygen atoms in total. The van der Waals surface area contributed by atoms with Crippen LogP contribution in [0.4, 0.5) is 4.39 Å². The van der Waals surface area contributed by atoms with Gasteiger partial charge in [-0.25, -0.2) is 4.39 Å². The van der Waals surface area contributed by atoms with Gasteiger partial charge in [-0.15, -0.1) is 0 Å². The number of carbonyl (C=O) groups is 2. The molecule has 2 saturated heterocycles. The molecular formula is C21H28FNO4. The van der Waals surface area contributed by atoms with Gasteiger partial charge in [0, 0.05) is 26.1 Å². The van der Waals surface area contributed by atoms with Crippen LogP contribution in [0.2, 0.25) is 0 Å². The molecule has 3 rings (SSSR count). The van der Waals surface area contributed by atoms with Gasteiger partial charge < -0.3 is 14.7 Å². The molecule has 148 valence electrons. The number of carboxylic acids is 1. The molecule has 0 bridgehead atoms. The number of carbonyl (C=O) groups excluding carboxylic acids is 1. The van der Waals surface area contributed by atoms with E-state index in [-0.39, 0.29) is 29.7 Å². The van der Waals surface area contributed by atoms with Crippen molar-refractivity contribution in [3.8, 4) is 0 Å². The first-order valence-electron chi connectivity index (χ1n) is 9.80. The fourth-order valence-electron chi connectivity index (χ4n) is 4.38. The van der Waals surface area contributed by atoms with Crippen LogP contribution in [-0.2, 0) is 20.7 Å². The maximum Gasteiger partial charge on any atom is 0.309 e. The number of aliphatic carboxylic acids is 1. The molecule has 27 heavy (non-hydrogen) atoms. The maximum absolute atomic E-state index is 13.3. The SMILES string of the molecule is CC(CC(=O)N1CCC([C@@H]2OCCC2C(=O)O)CC1)Cc1cccc(F)c1. The zero-order valence-electron chi connectivity index (χ0n) is 15.8. The number of amides is 1. The van der Waals surface area contributed by atoms with Gasteiger partial charge in [0.25, 0.3) is 0 Å². The molecule has 2 unspecified atom stereocenters. The Hall–Kier alpha value is -1.95. The quantitative estimate of drug-likeness (QED) is 0.827. The largest absolute Gasteiger partial charge is 0.481 e. The van der Waals surface area contributed by atoms with E-state index in [1.165, 1.54) is 12.1 Å². The summed E-state index contributed by atoms with van der Waals surface area (Å²) in [6, 6.07) is 6.52. The number of hydrogen-bond acceptors (Lipinski definition) is 3. The van der Waals surface area contributed by atoms with E-state index in [1.807, 2.05) is 17.9 Å². The molecule has 2 heterocycles. The first-order valence-corrected chi connectivity index (χ1v) is 9.80. The number of nitrogens with zero attached hydrogens (tertiary/aromatic N) is 1. The lowest BCUT2D eigenvalue weighted by atomic mass is 9.84. The molecule has 0 radical (unpaired) electrons. The van der Waals surface area contributed by atoms with Crippen LogP contribution in [-0.4, -0.2) is 47.7 Å². The molecule has 2 aliphatic heterocycles. The maximum atomic E-state index is 13.3. The lowest BCUT2D eigenvalue weighted by Crippen LogP contribution is -2.43. The molecule has 1 N–H and O–H groups in total. The molecule has 1 aromatic carbocycles. The van der Waals surface area contributed by atoms with Gasteiger partial charge in [0.2, 0.25) is 5.91 Å². The second-order valence-electron chi connectivity index (χ2n) is 7.93. The van der Waals surface area contributed by atoms with Crippen molar-refractivity contribution >= 4 is 11.9 Å². The van der Waals surface area contributed by atoms with Crippen molar-refractivity contribution in [2.45, 2.75) is 45.1 Å². The summed E-state index contributed by atoms with van der Waals surface area (Å²) in [6.45, 7) is 3.84. The second-order valence-corrected chi connectivity index (χ2v) is 7.93. The number of benzene rings is 1. The van der Waals surface area contributed by atoms with Crippen LogP contribution in [0.1, 0.15) is 38.2 Å². The Morgan fingerprint density at radius 2 is 2.04 bits per heavy atom. The van der Waals surface area contributed by atoms with Crippen molar-refractivity contribution in [3.63, 3.8) is 0 Å². The molecule has 0 aromatic heterocycles. The van der Waals surface area contributed by atoms with Gasteiger partial charge in [-0.2, -0.15) is 0 Å². The van der Waals surface area contributed by atoms with Gasteiger partial charge in [0.15, 0.2) is 0 Å². The van der Waals surface area contributed by atoms with Crippen LogP contribution in [0.3, 0.4) is 0 Å². The van der Waals surface area contributed by atoms with Gasteiger partial charge in [0.05, 0.1) is 12.0 Å². The molecule has 0 spiro atoms. The molecule has 1 aromatic rings. The normalized spacial score (nSPS) is 24.7. The molecule has 2 fully saturated rings. The molecule has 0 aliphatic carbocycles. The third-order valence-electron chi connectivity index (χ3n) is 5.81. The van der Waals surface area contributed by atoms with E-state index >= 15 is 0 Å². The van der Waals surface area contributed by atoms with Gasteiger partial charge in [0.1, 0.15) is 5.82 Å². The first kappa shape index (κ1) is 19.8. The van der Waals surface area contributed by atoms with E-state index in [9.17, 15) is 19.1 Å². The standard InChI is InChI=1S/C21H28FNO4/c1-14(11-15-3-2-4-17(22)13-15)12-19(24)23-8-5-16(6-9-23)20-18(21(25)26)7-10-27-20/h2-4,13-14,16,18,20H,5-12H2,1H3,(H,25,26)/t14?,18?,20-/m0/s1. The number of carboxylic acid groups (broad SMARTS) is 1. The number of halogens is 1. The summed E-state index contributed by atoms with van der Waals surface area (Å²) < 4.78 is 19.0. The predicted octanol–water partition coefficient (Wildman–Crippen LogP) is 3.12. The number of likely N-dealkylation sites (tertiary alicyclic amines) is 1. The Morgan fingerprint density at radius 1 is 1.30 bits per heavy atom. The van der Waals surface area contributed by atoms with E-state index in [1.54, 1.807) is 6.07 Å². The van der Waals surface area contributed by atoms with Crippen LogP contribution in [0.15, 0.2) is 24.3 Å². The van der Waals surface area contributed by atoms with E-state index < -0.39 is 11.9 Å². The number of hydrogen-bond donors (Lipinski definition) is 1. The Bertz CT molecular complexity index is 672. The Morgan fingerprint density at radius 3 is 2.70 bits per heavy atom. The second kappa shape index (κ2) is 8.83. The van der Waals surface area contributed by atoms with E-state index in [4.69, 9.17) is 4.74 Å². The summed E-state index contributed by atoms with van der Waals surface area (Å²) in [5, 5.41) is 9.32. The van der Waals surface area contributed by atoms with Crippen molar-refractivity contribution in [1.82, 2.24) is 4.90 Å². The number of ether oxygens (including phenoxy) is 1. The molecule has 2 aliphatic rings. The average Bonchev–Trinajstić information content (AvgIpc) is 3.12. The highest BCUT2D eigenvalue weighted by Gasteiger charge is 2.40. The minimum Gasteiger partial charge on any atom is -0.481 e. The van der Waals surface area contributed by atoms with E-state index in [2.05, 4.69) is 0 Å². The fraction of sp³-hybridized carbons (Fsp3) is 0.619. The smallest absolute Gasteiger partial charge is 0.309 e. The first-order chi connectivity index (χ1) is 12.9. The van der Waals surface area contributed by atoms with Gasteiger partial charge in [-0.1, -0.05) is 19.1 Å². The predicted molar refractivity (Wildman–Crippen MR) is 98.7 cm³/mol. The topological polar surface area (TPSA) is 66.8 Å². The van der Waals surface area contributed by atoms with E-state index in [0.717, 1.165) is 18.4 Å². The van der Waals surface area contributed by atoms with Crippen molar-refractivity contribution in [2.24, 2.45) is 17.8 Å². The summed E-state index contributed by atoms with van der Waals surface area (Å²) in [6.07, 6.45) is 3.06. The Labute approximate surface area is 159 Å². The van der Waals surface area contributed by atoms with Crippen LogP contribution in [0.5, 0.6) is 0 Å². The third kappa shape index (κ3) is 5.06. The summed E-state index contributed by atoms with van der Waals surface area (Å²) in [5.41, 5.74) is 0.909. The number of rotatable bonds is 6. The highest BCUT2D eigenvalue weighted by molar-refractivity contribution is 5.76. The van der Waals surface area contributed by atoms with Gasteiger partial charge in [-0.3, -0.25) is 9.59 Å². The van der Waals surface area contributed by atoms with E-state index in [0.29, 0.717) is 39.0 Å². The van der Waals surface area contributed by atoms with Crippen LogP contribution in [0, 0.1) is 23.6 Å². The lowest BCUT2D eigenvalue weighted by Gasteiger charge is -2.36. The number of piperidine rings is 1. The third-order valence-corrected chi connectivity index (χ3v) is 5.81. The lowest BCUT2D eigenvalue weighted by molar-refractivity contribution is -0.146. The molecular weight excluding hydrogens is 349 g/mol. The van der Waals surface area contributed by atoms with Crippen molar-refractivity contribution < 1.29 is 23.8 Å². The van der Waals surface area contributed by atoms with Crippen molar-refractivity contribution in [1.29, 1.82) is 0 Å². The van der Waals surface area contributed by atoms with Crippen LogP contribution >= 0.6 is 0 Å². The Kier molecular flexibility index (Phi) is 6.47. The van der Waals surface area contributed by atoms with Crippen LogP contribution < -0.4 is 0 Å². The minimum absolute atomic E-state index is 0.125. The highest BCUT2D eigenvalue weighted by atomic mass is 19.1. The van der Waals surface area contributed by atoms with Crippen molar-refractivity contribution in [2.75, 3.05) is 19.7 Å². The van der Waals surface area contributed by atoms with Crippen LogP contribution in [0.25, 0.3) is 0 Å². The zero-order valence-corrected chi connectivity index (χ0v) is 15.8. The summed E-state index contributed by atoms with van der Waals surface area (Å²) in [7, 11) is 0. The zero-order chi connectivity index (χ0) is 19.4. The fourth-order valence-corrected chi connectivity index (χ4v) is 4.38. The minimum atomic E-state index is -0.776. The Balaban J connectivity index is 1.46. The van der Waals surface area contributed by atoms with Gasteiger partial charge >= 0.3 is 5.97 Å². The molecule has 0 saturated carbocycles. The van der Waals surface area contributed by atoms with Crippen molar-refractivity contribution in [3.05, 3.63) is 35.6 Å². The average molecular weight is 377 g/mol. The molecule has 6 heteroatoms. The molecule has 1 amide bonds. The summed E-state index contributed by atoms with van der Waals surface area (Å²) in [5.74, 6) is -0.957.